The van der Waals surface area contributed by atoms with E-state index in [9.17, 15) is 5.26 Å². The molecule has 4 heteroatoms. The van der Waals surface area contributed by atoms with Gasteiger partial charge in [0, 0.05) is 16.7 Å². The maximum Gasteiger partial charge on any atom is 0.164 e. The third-order valence-corrected chi connectivity index (χ3v) is 11.6. The predicted octanol–water partition coefficient (Wildman–Crippen LogP) is 12.4. The van der Waals surface area contributed by atoms with Crippen molar-refractivity contribution in [3.63, 3.8) is 0 Å². The molecule has 11 rings (SSSR count). The van der Waals surface area contributed by atoms with Crippen molar-refractivity contribution >= 4 is 0 Å². The molecule has 1 spiro atoms. The predicted molar refractivity (Wildman–Crippen MR) is 228 cm³/mol. The molecule has 8 aromatic carbocycles. The van der Waals surface area contributed by atoms with Gasteiger partial charge in [0.15, 0.2) is 17.5 Å². The number of aromatic nitrogens is 3. The molecule has 0 saturated carbocycles. The summed E-state index contributed by atoms with van der Waals surface area (Å²) in [6.07, 6.45) is 0. The Bertz CT molecular complexity index is 3030. The summed E-state index contributed by atoms with van der Waals surface area (Å²) in [7, 11) is 0. The van der Waals surface area contributed by atoms with E-state index >= 15 is 0 Å². The first kappa shape index (κ1) is 32.7. The summed E-state index contributed by atoms with van der Waals surface area (Å²) >= 11 is 0. The van der Waals surface area contributed by atoms with Crippen LogP contribution in [0, 0.1) is 11.3 Å². The largest absolute Gasteiger partial charge is 0.208 e. The highest BCUT2D eigenvalue weighted by Crippen LogP contribution is 2.63. The molecule has 1 unspecified atom stereocenters. The van der Waals surface area contributed by atoms with Crippen molar-refractivity contribution < 1.29 is 0 Å². The van der Waals surface area contributed by atoms with Crippen LogP contribution in [-0.2, 0) is 5.41 Å². The van der Waals surface area contributed by atoms with Gasteiger partial charge in [-0.05, 0) is 97.1 Å². The van der Waals surface area contributed by atoms with Crippen LogP contribution >= 0.6 is 0 Å². The fourth-order valence-electron chi connectivity index (χ4n) is 9.05. The summed E-state index contributed by atoms with van der Waals surface area (Å²) in [6, 6.07) is 70.5. The van der Waals surface area contributed by atoms with Gasteiger partial charge in [-0.15, -0.1) is 0 Å². The van der Waals surface area contributed by atoms with Gasteiger partial charge in [0.1, 0.15) is 0 Å². The monoisotopic (exact) mass is 724 g/mol. The number of hydrogen-bond acceptors (Lipinski definition) is 4. The number of nitriles is 1. The minimum absolute atomic E-state index is 0.456. The Morgan fingerprint density at radius 2 is 0.719 bits per heavy atom. The lowest BCUT2D eigenvalue weighted by Crippen LogP contribution is -2.25. The third kappa shape index (κ3) is 5.10. The van der Waals surface area contributed by atoms with Gasteiger partial charge in [-0.2, -0.15) is 5.26 Å². The van der Waals surface area contributed by atoms with E-state index in [0.29, 0.717) is 23.0 Å². The Morgan fingerprint density at radius 1 is 0.316 bits per heavy atom. The SMILES string of the molecule is N#Cc1ccc2c(c1)-c1ccccc1C21c2ccccc2-c2cc(-c3cccc(-c4cccc(-c5nc(-c6ccccc6)nc(-c6ccccc6)n5)c4)c3)ccc21. The molecule has 264 valence electrons. The van der Waals surface area contributed by atoms with Gasteiger partial charge in [0.25, 0.3) is 0 Å². The normalized spacial score (nSPS) is 14.4. The molecule has 4 nitrogen and oxygen atoms in total. The van der Waals surface area contributed by atoms with Crippen molar-refractivity contribution in [2.24, 2.45) is 0 Å². The van der Waals surface area contributed by atoms with Crippen LogP contribution in [0.1, 0.15) is 27.8 Å². The molecule has 0 aliphatic heterocycles. The fraction of sp³-hybridized carbons (Fsp3) is 0.0189. The average molecular weight is 725 g/mol. The highest BCUT2D eigenvalue weighted by Gasteiger charge is 2.51. The molecule has 0 radical (unpaired) electrons. The Labute approximate surface area is 331 Å². The summed E-state index contributed by atoms with van der Waals surface area (Å²) in [6.45, 7) is 0. The van der Waals surface area contributed by atoms with E-state index in [1.54, 1.807) is 0 Å². The van der Waals surface area contributed by atoms with Crippen molar-refractivity contribution in [3.05, 3.63) is 222 Å². The smallest absolute Gasteiger partial charge is 0.164 e. The van der Waals surface area contributed by atoms with Crippen LogP contribution in [0.5, 0.6) is 0 Å². The van der Waals surface area contributed by atoms with Gasteiger partial charge in [-0.25, -0.2) is 15.0 Å². The van der Waals surface area contributed by atoms with E-state index in [1.807, 2.05) is 66.7 Å². The molecule has 1 aromatic heterocycles. The van der Waals surface area contributed by atoms with Crippen LogP contribution in [0.15, 0.2) is 194 Å². The van der Waals surface area contributed by atoms with Crippen LogP contribution in [0.25, 0.3) is 78.7 Å². The van der Waals surface area contributed by atoms with Crippen molar-refractivity contribution in [1.29, 1.82) is 5.26 Å². The van der Waals surface area contributed by atoms with Gasteiger partial charge >= 0.3 is 0 Å². The Balaban J connectivity index is 1.01. The van der Waals surface area contributed by atoms with Crippen molar-refractivity contribution in [3.8, 4) is 84.7 Å². The minimum Gasteiger partial charge on any atom is -0.208 e. The van der Waals surface area contributed by atoms with E-state index < -0.39 is 5.41 Å². The number of rotatable bonds is 5. The van der Waals surface area contributed by atoms with Gasteiger partial charge in [-0.1, -0.05) is 164 Å². The molecule has 1 atom stereocenters. The van der Waals surface area contributed by atoms with Gasteiger partial charge in [-0.3, -0.25) is 0 Å². The quantitative estimate of drug-likeness (QED) is 0.177. The summed E-state index contributed by atoms with van der Waals surface area (Å²) in [5.41, 5.74) is 17.4. The van der Waals surface area contributed by atoms with Crippen LogP contribution in [0.2, 0.25) is 0 Å². The highest BCUT2D eigenvalue weighted by molar-refractivity contribution is 5.96. The lowest BCUT2D eigenvalue weighted by Gasteiger charge is -2.30. The van der Waals surface area contributed by atoms with Gasteiger partial charge in [0.05, 0.1) is 17.0 Å². The summed E-state index contributed by atoms with van der Waals surface area (Å²) in [5.74, 6) is 1.91. The zero-order chi connectivity index (χ0) is 37.9. The van der Waals surface area contributed by atoms with E-state index in [2.05, 4.69) is 133 Å². The average Bonchev–Trinajstić information content (AvgIpc) is 3.76. The molecule has 9 aromatic rings. The highest BCUT2D eigenvalue weighted by atomic mass is 15.0. The zero-order valence-corrected chi connectivity index (χ0v) is 30.8. The Morgan fingerprint density at radius 3 is 1.28 bits per heavy atom. The molecular weight excluding hydrogens is 693 g/mol. The minimum atomic E-state index is -0.456. The van der Waals surface area contributed by atoms with Crippen LogP contribution in [-0.4, -0.2) is 15.0 Å². The lowest BCUT2D eigenvalue weighted by atomic mass is 9.70. The van der Waals surface area contributed by atoms with E-state index in [1.165, 1.54) is 38.9 Å². The van der Waals surface area contributed by atoms with Crippen molar-refractivity contribution in [2.45, 2.75) is 5.41 Å². The standard InChI is InChI=1S/C53H32N4/c54-33-34-25-27-48-44(29-34)42-21-7-9-23-46(42)53(48)47-24-10-8-22-43(47)45-32-40(26-28-49(45)53)38-18-11-17-37(30-38)39-19-12-20-41(31-39)52-56-50(35-13-3-1-4-14-35)55-51(57-52)36-15-5-2-6-16-36/h1-32H. The number of fused-ring (bicyclic) bond motifs is 10. The lowest BCUT2D eigenvalue weighted by molar-refractivity contribution is 0.794. The van der Waals surface area contributed by atoms with Crippen LogP contribution < -0.4 is 0 Å². The van der Waals surface area contributed by atoms with E-state index in [4.69, 9.17) is 15.0 Å². The maximum atomic E-state index is 9.83. The first-order chi connectivity index (χ1) is 28.2. The Kier molecular flexibility index (Phi) is 7.42. The van der Waals surface area contributed by atoms with Crippen LogP contribution in [0.4, 0.5) is 0 Å². The molecule has 0 N–H and O–H groups in total. The fourth-order valence-corrected chi connectivity index (χ4v) is 9.05. The summed E-state index contributed by atoms with van der Waals surface area (Å²) in [5, 5.41) is 9.83. The molecule has 57 heavy (non-hydrogen) atoms. The number of benzene rings is 8. The summed E-state index contributed by atoms with van der Waals surface area (Å²) < 4.78 is 0. The topological polar surface area (TPSA) is 62.5 Å². The first-order valence-corrected chi connectivity index (χ1v) is 19.2. The molecule has 0 fully saturated rings. The van der Waals surface area contributed by atoms with Gasteiger partial charge < -0.3 is 0 Å². The second-order valence-electron chi connectivity index (χ2n) is 14.7. The molecule has 2 aliphatic carbocycles. The van der Waals surface area contributed by atoms with E-state index in [0.717, 1.165) is 44.5 Å². The van der Waals surface area contributed by atoms with Crippen molar-refractivity contribution in [1.82, 2.24) is 15.0 Å². The molecule has 0 saturated heterocycles. The van der Waals surface area contributed by atoms with E-state index in [-0.39, 0.29) is 0 Å². The molecule has 2 aliphatic rings. The summed E-state index contributed by atoms with van der Waals surface area (Å²) in [4.78, 5) is 14.8. The van der Waals surface area contributed by atoms with Crippen molar-refractivity contribution in [2.75, 3.05) is 0 Å². The molecule has 0 bridgehead atoms. The maximum absolute atomic E-state index is 9.83. The number of nitrogens with zero attached hydrogens (tertiary/aromatic N) is 4. The first-order valence-electron chi connectivity index (χ1n) is 19.2. The Hall–Kier alpha value is -7.74. The second-order valence-corrected chi connectivity index (χ2v) is 14.7. The second kappa shape index (κ2) is 12.9. The molecule has 0 amide bonds. The zero-order valence-electron chi connectivity index (χ0n) is 30.8. The molecule has 1 heterocycles. The molecular formula is C53H32N4. The third-order valence-electron chi connectivity index (χ3n) is 11.6. The van der Waals surface area contributed by atoms with Gasteiger partial charge in [0.2, 0.25) is 0 Å². The van der Waals surface area contributed by atoms with Crippen LogP contribution in [0.3, 0.4) is 0 Å². The number of hydrogen-bond donors (Lipinski definition) is 0.